The first kappa shape index (κ1) is 13.4. The lowest BCUT2D eigenvalue weighted by Gasteiger charge is -2.37. The van der Waals surface area contributed by atoms with Gasteiger partial charge in [-0.3, -0.25) is 10.1 Å². The molecule has 106 valence electrons. The van der Waals surface area contributed by atoms with Crippen molar-refractivity contribution < 1.29 is 18.7 Å². The van der Waals surface area contributed by atoms with Gasteiger partial charge in [-0.15, -0.1) is 0 Å². The number of ether oxygens (including phenoxy) is 1. The molecule has 0 bridgehead atoms. The van der Waals surface area contributed by atoms with Crippen LogP contribution in [0.1, 0.15) is 18.4 Å². The largest absolute Gasteiger partial charge is 0.490 e. The molecule has 3 rings (SSSR count). The molecule has 2 heterocycles. The molecule has 1 aromatic carbocycles. The Bertz CT molecular complexity index is 595. The van der Waals surface area contributed by atoms with Crippen LogP contribution in [0.25, 0.3) is 0 Å². The van der Waals surface area contributed by atoms with Crippen molar-refractivity contribution >= 4 is 27.9 Å². The van der Waals surface area contributed by atoms with Gasteiger partial charge in [0, 0.05) is 17.3 Å². The minimum Gasteiger partial charge on any atom is -0.490 e. The molecule has 2 N–H and O–H groups in total. The van der Waals surface area contributed by atoms with Gasteiger partial charge in [-0.25, -0.2) is 9.18 Å². The Morgan fingerprint density at radius 2 is 2.25 bits per heavy atom. The van der Waals surface area contributed by atoms with E-state index in [1.807, 2.05) is 0 Å². The molecular weight excluding hydrogens is 331 g/mol. The van der Waals surface area contributed by atoms with Crippen LogP contribution in [0.2, 0.25) is 0 Å². The molecule has 0 aromatic heterocycles. The molecule has 2 aliphatic heterocycles. The van der Waals surface area contributed by atoms with Gasteiger partial charge in [-0.1, -0.05) is 15.9 Å². The van der Waals surface area contributed by atoms with Crippen LogP contribution in [0.5, 0.6) is 5.75 Å². The van der Waals surface area contributed by atoms with Gasteiger partial charge in [-0.05, 0) is 24.6 Å². The summed E-state index contributed by atoms with van der Waals surface area (Å²) < 4.78 is 19.3. The number of fused-ring (bicyclic) bond motifs is 2. The third kappa shape index (κ3) is 1.96. The molecule has 1 aromatic rings. The van der Waals surface area contributed by atoms with Crippen molar-refractivity contribution in [2.45, 2.75) is 24.5 Å². The van der Waals surface area contributed by atoms with Gasteiger partial charge in [0.15, 0.2) is 5.54 Å². The lowest BCUT2D eigenvalue weighted by molar-refractivity contribution is -0.126. The molecule has 7 heteroatoms. The van der Waals surface area contributed by atoms with Crippen molar-refractivity contribution in [2.75, 3.05) is 5.33 Å². The van der Waals surface area contributed by atoms with Gasteiger partial charge in [0.2, 0.25) is 0 Å². The Labute approximate surface area is 123 Å². The molecule has 2 unspecified atom stereocenters. The van der Waals surface area contributed by atoms with Crippen molar-refractivity contribution in [3.63, 3.8) is 0 Å². The van der Waals surface area contributed by atoms with E-state index in [-0.39, 0.29) is 12.5 Å². The number of amides is 3. The standard InChI is InChI=1S/C13H12BrFN2O3/c14-4-3-8-6-13(11(18)16-12(19)17-13)9-5-7(15)1-2-10(9)20-8/h1-2,5,8H,3-4,6H2,(H2,16,17,18,19). The van der Waals surface area contributed by atoms with Crippen molar-refractivity contribution in [1.82, 2.24) is 10.6 Å². The van der Waals surface area contributed by atoms with Gasteiger partial charge in [0.05, 0.1) is 0 Å². The Balaban J connectivity index is 2.11. The number of alkyl halides is 1. The number of carbonyl (C=O) groups is 2. The summed E-state index contributed by atoms with van der Waals surface area (Å²) in [4.78, 5) is 23.7. The summed E-state index contributed by atoms with van der Waals surface area (Å²) in [7, 11) is 0. The summed E-state index contributed by atoms with van der Waals surface area (Å²) in [5.41, 5.74) is -0.869. The lowest BCUT2D eigenvalue weighted by atomic mass is 9.81. The number of rotatable bonds is 2. The molecule has 5 nitrogen and oxygen atoms in total. The average molecular weight is 343 g/mol. The number of hydrogen-bond acceptors (Lipinski definition) is 3. The van der Waals surface area contributed by atoms with Crippen LogP contribution in [0.15, 0.2) is 18.2 Å². The van der Waals surface area contributed by atoms with Gasteiger partial charge < -0.3 is 10.1 Å². The van der Waals surface area contributed by atoms with Crippen LogP contribution in [0.3, 0.4) is 0 Å². The zero-order valence-electron chi connectivity index (χ0n) is 10.4. The zero-order chi connectivity index (χ0) is 14.3. The lowest BCUT2D eigenvalue weighted by Crippen LogP contribution is -2.50. The third-order valence-corrected chi connectivity index (χ3v) is 4.06. The van der Waals surface area contributed by atoms with Gasteiger partial charge >= 0.3 is 6.03 Å². The average Bonchev–Trinajstić information content (AvgIpc) is 2.66. The second kappa shape index (κ2) is 4.73. The second-order valence-electron chi connectivity index (χ2n) is 4.88. The molecule has 0 saturated carbocycles. The van der Waals surface area contributed by atoms with Crippen LogP contribution in [-0.4, -0.2) is 23.4 Å². The van der Waals surface area contributed by atoms with E-state index in [0.29, 0.717) is 23.1 Å². The van der Waals surface area contributed by atoms with E-state index in [9.17, 15) is 14.0 Å². The maximum absolute atomic E-state index is 13.5. The fourth-order valence-corrected chi connectivity index (χ4v) is 3.23. The summed E-state index contributed by atoms with van der Waals surface area (Å²) >= 11 is 3.33. The molecule has 0 aliphatic carbocycles. The second-order valence-corrected chi connectivity index (χ2v) is 5.67. The monoisotopic (exact) mass is 342 g/mol. The number of carbonyl (C=O) groups excluding carboxylic acids is 2. The quantitative estimate of drug-likeness (QED) is 0.636. The highest BCUT2D eigenvalue weighted by Gasteiger charge is 2.53. The SMILES string of the molecule is O=C1NC(=O)C2(CC(CCBr)Oc3ccc(F)cc32)N1. The Kier molecular flexibility index (Phi) is 3.16. The van der Waals surface area contributed by atoms with Crippen molar-refractivity contribution in [3.8, 4) is 5.75 Å². The topological polar surface area (TPSA) is 67.4 Å². The van der Waals surface area contributed by atoms with E-state index in [2.05, 4.69) is 26.6 Å². The zero-order valence-corrected chi connectivity index (χ0v) is 12.0. The molecular formula is C13H12BrFN2O3. The summed E-state index contributed by atoms with van der Waals surface area (Å²) in [6, 6.07) is 3.44. The maximum Gasteiger partial charge on any atom is 0.322 e. The van der Waals surface area contributed by atoms with Gasteiger partial charge in [-0.2, -0.15) is 0 Å². The number of nitrogens with one attached hydrogen (secondary N) is 2. The van der Waals surface area contributed by atoms with Crippen LogP contribution in [-0.2, 0) is 10.3 Å². The first-order chi connectivity index (χ1) is 9.55. The fourth-order valence-electron chi connectivity index (χ4n) is 2.72. The normalized spacial score (nSPS) is 27.8. The first-order valence-electron chi connectivity index (χ1n) is 6.21. The van der Waals surface area contributed by atoms with Crippen LogP contribution < -0.4 is 15.4 Å². The molecule has 1 saturated heterocycles. The molecule has 3 amide bonds. The number of benzene rings is 1. The van der Waals surface area contributed by atoms with Crippen LogP contribution in [0, 0.1) is 5.82 Å². The highest BCUT2D eigenvalue weighted by atomic mass is 79.9. The molecule has 0 radical (unpaired) electrons. The molecule has 1 spiro atoms. The number of urea groups is 1. The Morgan fingerprint density at radius 3 is 2.90 bits per heavy atom. The molecule has 1 fully saturated rings. The molecule has 20 heavy (non-hydrogen) atoms. The minimum atomic E-state index is -1.24. The first-order valence-corrected chi connectivity index (χ1v) is 7.33. The van der Waals surface area contributed by atoms with Gasteiger partial charge in [0.25, 0.3) is 5.91 Å². The van der Waals surface area contributed by atoms with E-state index in [4.69, 9.17) is 4.74 Å². The number of hydrogen-bond donors (Lipinski definition) is 2. The van der Waals surface area contributed by atoms with Crippen molar-refractivity contribution in [2.24, 2.45) is 0 Å². The van der Waals surface area contributed by atoms with E-state index in [1.165, 1.54) is 18.2 Å². The predicted molar refractivity (Wildman–Crippen MR) is 72.2 cm³/mol. The highest BCUT2D eigenvalue weighted by Crippen LogP contribution is 2.42. The van der Waals surface area contributed by atoms with Crippen LogP contribution >= 0.6 is 15.9 Å². The fraction of sp³-hybridized carbons (Fsp3) is 0.385. The number of halogens is 2. The van der Waals surface area contributed by atoms with Crippen LogP contribution in [0.4, 0.5) is 9.18 Å². The van der Waals surface area contributed by atoms with Crippen molar-refractivity contribution in [1.29, 1.82) is 0 Å². The summed E-state index contributed by atoms with van der Waals surface area (Å²) in [5.74, 6) is -0.502. The van der Waals surface area contributed by atoms with E-state index >= 15 is 0 Å². The van der Waals surface area contributed by atoms with Gasteiger partial charge in [0.1, 0.15) is 17.7 Å². The van der Waals surface area contributed by atoms with E-state index in [0.717, 1.165) is 0 Å². The summed E-state index contributed by atoms with van der Waals surface area (Å²) in [6.07, 6.45) is 0.741. The maximum atomic E-state index is 13.5. The number of imide groups is 1. The Hall–Kier alpha value is -1.63. The van der Waals surface area contributed by atoms with E-state index in [1.54, 1.807) is 0 Å². The Morgan fingerprint density at radius 1 is 1.45 bits per heavy atom. The summed E-state index contributed by atoms with van der Waals surface area (Å²) in [5, 5.41) is 5.56. The third-order valence-electron chi connectivity index (χ3n) is 3.60. The summed E-state index contributed by atoms with van der Waals surface area (Å²) in [6.45, 7) is 0. The smallest absolute Gasteiger partial charge is 0.322 e. The minimum absolute atomic E-state index is 0.225. The molecule has 2 aliphatic rings. The van der Waals surface area contributed by atoms with Crippen molar-refractivity contribution in [3.05, 3.63) is 29.6 Å². The molecule has 2 atom stereocenters. The van der Waals surface area contributed by atoms with E-state index < -0.39 is 23.3 Å². The predicted octanol–water partition coefficient (Wildman–Crippen LogP) is 1.80. The highest BCUT2D eigenvalue weighted by molar-refractivity contribution is 9.09.